The van der Waals surface area contributed by atoms with E-state index in [1.54, 1.807) is 6.92 Å². The van der Waals surface area contributed by atoms with Gasteiger partial charge < -0.3 is 5.73 Å². The highest BCUT2D eigenvalue weighted by Crippen LogP contribution is 2.66. The predicted octanol–water partition coefficient (Wildman–Crippen LogP) is 4.18. The molecule has 2 N–H and O–H groups in total. The summed E-state index contributed by atoms with van der Waals surface area (Å²) < 4.78 is 0. The Morgan fingerprint density at radius 2 is 1.88 bits per heavy atom. The molecule has 6 atom stereocenters. The Morgan fingerprint density at radius 3 is 2.56 bits per heavy atom. The molecule has 4 aliphatic rings. The number of ketones is 2. The first-order valence-corrected chi connectivity index (χ1v) is 9.92. The Morgan fingerprint density at radius 1 is 1.16 bits per heavy atom. The van der Waals surface area contributed by atoms with Crippen molar-refractivity contribution in [3.05, 3.63) is 22.9 Å². The SMILES string of the molecule is CC(=O)[C@H]1CC[C@H]2[C@@H]3C(C)=CC4=C(N)C(=O)CC[C@]4(C)[C@H]3CC[C@]12C. The van der Waals surface area contributed by atoms with Gasteiger partial charge in [-0.15, -0.1) is 0 Å². The van der Waals surface area contributed by atoms with Crippen molar-refractivity contribution in [2.45, 2.75) is 66.2 Å². The molecule has 0 amide bonds. The van der Waals surface area contributed by atoms with Crippen LogP contribution in [0.1, 0.15) is 66.2 Å². The second-order valence-corrected chi connectivity index (χ2v) is 9.58. The molecule has 0 aromatic rings. The fourth-order valence-electron chi connectivity index (χ4n) is 7.21. The van der Waals surface area contributed by atoms with Crippen molar-refractivity contribution in [1.82, 2.24) is 0 Å². The average molecular weight is 341 g/mol. The van der Waals surface area contributed by atoms with Gasteiger partial charge in [-0.1, -0.05) is 25.5 Å². The number of Topliss-reactive ketones (excluding diaryl/α,β-unsaturated/α-hetero) is 2. The van der Waals surface area contributed by atoms with E-state index in [-0.39, 0.29) is 22.5 Å². The highest BCUT2D eigenvalue weighted by Gasteiger charge is 2.60. The number of carbonyl (C=O) groups is 2. The van der Waals surface area contributed by atoms with E-state index in [1.165, 1.54) is 5.57 Å². The van der Waals surface area contributed by atoms with E-state index in [2.05, 4.69) is 26.8 Å². The molecule has 0 heterocycles. The number of hydrogen-bond donors (Lipinski definition) is 1. The van der Waals surface area contributed by atoms with Gasteiger partial charge in [-0.25, -0.2) is 0 Å². The van der Waals surface area contributed by atoms with Crippen LogP contribution in [0, 0.1) is 34.5 Å². The maximum absolute atomic E-state index is 12.2. The monoisotopic (exact) mass is 341 g/mol. The number of allylic oxidation sites excluding steroid dienone is 4. The molecule has 4 rings (SSSR count). The third-order valence-corrected chi connectivity index (χ3v) is 8.55. The molecule has 136 valence electrons. The molecule has 0 bridgehead atoms. The first kappa shape index (κ1) is 17.1. The van der Waals surface area contributed by atoms with Crippen LogP contribution < -0.4 is 5.73 Å². The average Bonchev–Trinajstić information content (AvgIpc) is 2.91. The Bertz CT molecular complexity index is 718. The van der Waals surface area contributed by atoms with Crippen LogP contribution in [0.4, 0.5) is 0 Å². The van der Waals surface area contributed by atoms with E-state index >= 15 is 0 Å². The van der Waals surface area contributed by atoms with Gasteiger partial charge in [0.15, 0.2) is 5.78 Å². The van der Waals surface area contributed by atoms with Crippen LogP contribution in [0.3, 0.4) is 0 Å². The van der Waals surface area contributed by atoms with E-state index in [4.69, 9.17) is 5.73 Å². The van der Waals surface area contributed by atoms with Gasteiger partial charge in [0.05, 0.1) is 5.70 Å². The summed E-state index contributed by atoms with van der Waals surface area (Å²) in [7, 11) is 0. The molecule has 2 fully saturated rings. The number of nitrogens with two attached hydrogens (primary N) is 1. The molecule has 3 nitrogen and oxygen atoms in total. The zero-order valence-corrected chi connectivity index (χ0v) is 16.0. The van der Waals surface area contributed by atoms with Crippen LogP contribution in [0.5, 0.6) is 0 Å². The molecule has 0 aliphatic heterocycles. The number of hydrogen-bond acceptors (Lipinski definition) is 3. The largest absolute Gasteiger partial charge is 0.396 e. The molecule has 0 radical (unpaired) electrons. The van der Waals surface area contributed by atoms with E-state index in [9.17, 15) is 9.59 Å². The molecule has 0 spiro atoms. The number of fused-ring (bicyclic) bond motifs is 5. The zero-order valence-electron chi connectivity index (χ0n) is 16.0. The minimum atomic E-state index is 0.0256. The first-order chi connectivity index (χ1) is 11.7. The van der Waals surface area contributed by atoms with Gasteiger partial charge in [-0.05, 0) is 80.1 Å². The van der Waals surface area contributed by atoms with E-state index in [1.807, 2.05) is 0 Å². The van der Waals surface area contributed by atoms with Crippen molar-refractivity contribution in [3.8, 4) is 0 Å². The van der Waals surface area contributed by atoms with Crippen LogP contribution in [-0.2, 0) is 9.59 Å². The van der Waals surface area contributed by atoms with E-state index < -0.39 is 0 Å². The fraction of sp³-hybridized carbons (Fsp3) is 0.727. The minimum absolute atomic E-state index is 0.0256. The smallest absolute Gasteiger partial charge is 0.178 e. The van der Waals surface area contributed by atoms with Gasteiger partial charge >= 0.3 is 0 Å². The standard InChI is InChI=1S/C22H31NO2/c1-12-11-17-20(23)18(25)8-10-22(17,4)16-7-9-21(3)14(13(2)24)5-6-15(21)19(12)16/h11,14-16,19H,5-10,23H2,1-4H3/t14-,15+,16+,19+,21-,22-/m1/s1. The van der Waals surface area contributed by atoms with Crippen LogP contribution in [0.25, 0.3) is 0 Å². The third-order valence-electron chi connectivity index (χ3n) is 8.55. The second-order valence-electron chi connectivity index (χ2n) is 9.58. The lowest BCUT2D eigenvalue weighted by molar-refractivity contribution is -0.127. The summed E-state index contributed by atoms with van der Waals surface area (Å²) in [4.78, 5) is 24.4. The Hall–Kier alpha value is -1.38. The zero-order chi connectivity index (χ0) is 18.1. The summed E-state index contributed by atoms with van der Waals surface area (Å²) in [6.45, 7) is 8.71. The molecule has 25 heavy (non-hydrogen) atoms. The van der Waals surface area contributed by atoms with Crippen molar-refractivity contribution in [3.63, 3.8) is 0 Å². The highest BCUT2D eigenvalue weighted by atomic mass is 16.1. The maximum atomic E-state index is 12.2. The molecule has 0 aromatic heterocycles. The maximum Gasteiger partial charge on any atom is 0.178 e. The van der Waals surface area contributed by atoms with Crippen molar-refractivity contribution in [1.29, 1.82) is 0 Å². The van der Waals surface area contributed by atoms with Crippen molar-refractivity contribution in [2.75, 3.05) is 0 Å². The molecule has 0 aromatic carbocycles. The topological polar surface area (TPSA) is 60.2 Å². The van der Waals surface area contributed by atoms with Crippen LogP contribution in [0.2, 0.25) is 0 Å². The van der Waals surface area contributed by atoms with E-state index in [0.29, 0.717) is 35.7 Å². The summed E-state index contributed by atoms with van der Waals surface area (Å²) >= 11 is 0. The van der Waals surface area contributed by atoms with Crippen LogP contribution in [0.15, 0.2) is 22.9 Å². The molecule has 4 aliphatic carbocycles. The van der Waals surface area contributed by atoms with Crippen LogP contribution >= 0.6 is 0 Å². The lowest BCUT2D eigenvalue weighted by atomic mass is 9.47. The molecule has 0 saturated heterocycles. The van der Waals surface area contributed by atoms with Gasteiger partial charge in [0.25, 0.3) is 0 Å². The molecular formula is C22H31NO2. The van der Waals surface area contributed by atoms with Gasteiger partial charge in [-0.2, -0.15) is 0 Å². The second kappa shape index (κ2) is 5.31. The fourth-order valence-corrected chi connectivity index (χ4v) is 7.21. The number of carbonyl (C=O) groups excluding carboxylic acids is 2. The highest BCUT2D eigenvalue weighted by molar-refractivity contribution is 5.97. The first-order valence-electron chi connectivity index (χ1n) is 9.92. The molecular weight excluding hydrogens is 310 g/mol. The Balaban J connectivity index is 1.81. The van der Waals surface area contributed by atoms with Gasteiger partial charge in [0.2, 0.25) is 0 Å². The molecule has 0 unspecified atom stereocenters. The quantitative estimate of drug-likeness (QED) is 0.778. The van der Waals surface area contributed by atoms with Gasteiger partial charge in [0.1, 0.15) is 5.78 Å². The molecule has 3 heteroatoms. The lowest BCUT2D eigenvalue weighted by Crippen LogP contribution is -2.51. The summed E-state index contributed by atoms with van der Waals surface area (Å²) in [6, 6.07) is 0. The summed E-state index contributed by atoms with van der Waals surface area (Å²) in [6.07, 6.45) is 8.23. The van der Waals surface area contributed by atoms with Crippen molar-refractivity contribution >= 4 is 11.6 Å². The Labute approximate surface area is 151 Å². The van der Waals surface area contributed by atoms with Crippen molar-refractivity contribution < 1.29 is 9.59 Å². The third kappa shape index (κ3) is 2.10. The molecule has 2 saturated carbocycles. The number of rotatable bonds is 1. The summed E-state index contributed by atoms with van der Waals surface area (Å²) in [5, 5.41) is 0. The predicted molar refractivity (Wildman–Crippen MR) is 98.5 cm³/mol. The van der Waals surface area contributed by atoms with Gasteiger partial charge in [0, 0.05) is 12.3 Å². The minimum Gasteiger partial charge on any atom is -0.396 e. The summed E-state index contributed by atoms with van der Waals surface area (Å²) in [5.41, 5.74) is 9.41. The Kier molecular flexibility index (Phi) is 3.62. The van der Waals surface area contributed by atoms with Crippen molar-refractivity contribution in [2.24, 2.45) is 40.2 Å². The normalized spacial score (nSPS) is 46.2. The van der Waals surface area contributed by atoms with Gasteiger partial charge in [-0.3, -0.25) is 9.59 Å². The lowest BCUT2D eigenvalue weighted by Gasteiger charge is -2.57. The van der Waals surface area contributed by atoms with Crippen LogP contribution in [-0.4, -0.2) is 11.6 Å². The summed E-state index contributed by atoms with van der Waals surface area (Å²) in [5.74, 6) is 2.41. The van der Waals surface area contributed by atoms with E-state index in [0.717, 1.165) is 37.7 Å².